The Morgan fingerprint density at radius 1 is 1.37 bits per heavy atom. The van der Waals surface area contributed by atoms with E-state index in [0.717, 1.165) is 29.7 Å². The van der Waals surface area contributed by atoms with Crippen LogP contribution in [0.15, 0.2) is 0 Å². The van der Waals surface area contributed by atoms with Gasteiger partial charge in [0.25, 0.3) is 0 Å². The summed E-state index contributed by atoms with van der Waals surface area (Å²) in [7, 11) is -3.38. The van der Waals surface area contributed by atoms with Gasteiger partial charge in [-0.25, -0.2) is 8.42 Å². The first kappa shape index (κ1) is 14.6. The normalized spacial score (nSPS) is 14.1. The summed E-state index contributed by atoms with van der Waals surface area (Å²) in [5.41, 5.74) is 1.55. The van der Waals surface area contributed by atoms with Crippen LogP contribution in [-0.2, 0) is 22.9 Å². The molecule has 4 nitrogen and oxygen atoms in total. The van der Waals surface area contributed by atoms with E-state index in [-0.39, 0.29) is 5.75 Å². The minimum Gasteiger partial charge on any atom is -0.273 e. The second-order valence-corrected chi connectivity index (χ2v) is 7.82. The highest BCUT2D eigenvalue weighted by atomic mass is 35.5. The van der Waals surface area contributed by atoms with Gasteiger partial charge in [-0.05, 0) is 37.7 Å². The molecule has 0 amide bonds. The van der Waals surface area contributed by atoms with Crippen LogP contribution in [0.2, 0.25) is 0 Å². The number of unbranched alkanes of at least 4 members (excludes halogenated alkanes) is 1. The topological polar surface area (TPSA) is 70.0 Å². The van der Waals surface area contributed by atoms with Crippen molar-refractivity contribution in [3.05, 3.63) is 16.0 Å². The summed E-state index contributed by atoms with van der Waals surface area (Å²) < 4.78 is 26.4. The van der Waals surface area contributed by atoms with Crippen LogP contribution in [0, 0.1) is 11.3 Å². The number of halogens is 1. The average Bonchev–Trinajstić information content (AvgIpc) is 2.88. The van der Waals surface area contributed by atoms with Crippen LogP contribution in [0.3, 0.4) is 0 Å². The maximum Gasteiger partial charge on any atom is 0.233 e. The number of fused-ring (bicyclic) bond motifs is 1. The van der Waals surface area contributed by atoms with E-state index >= 15 is 0 Å². The molecule has 19 heavy (non-hydrogen) atoms. The second kappa shape index (κ2) is 6.12. The van der Waals surface area contributed by atoms with Crippen molar-refractivity contribution in [2.24, 2.45) is 0 Å². The Labute approximate surface area is 122 Å². The molecular weight excluding hydrogens is 304 g/mol. The molecule has 0 radical (unpaired) electrons. The van der Waals surface area contributed by atoms with Crippen molar-refractivity contribution in [2.45, 2.75) is 32.1 Å². The Hall–Kier alpha value is -0.770. The summed E-state index contributed by atoms with van der Waals surface area (Å²) >= 11 is 6.93. The minimum atomic E-state index is -3.38. The molecule has 0 bridgehead atoms. The van der Waals surface area contributed by atoms with Crippen molar-refractivity contribution in [1.82, 2.24) is 0 Å². The predicted octanol–water partition coefficient (Wildman–Crippen LogP) is 2.87. The molecule has 1 aliphatic rings. The number of nitrogens with one attached hydrogen (secondary N) is 1. The third-order valence-corrected chi connectivity index (χ3v) is 6.02. The Morgan fingerprint density at radius 3 is 2.84 bits per heavy atom. The van der Waals surface area contributed by atoms with Crippen molar-refractivity contribution in [2.75, 3.05) is 16.4 Å². The Balaban J connectivity index is 2.14. The molecule has 7 heteroatoms. The lowest BCUT2D eigenvalue weighted by Crippen LogP contribution is -2.16. The first-order valence-electron chi connectivity index (χ1n) is 6.18. The molecule has 0 aromatic carbocycles. The molecule has 0 unspecified atom stereocenters. The van der Waals surface area contributed by atoms with Crippen molar-refractivity contribution < 1.29 is 8.42 Å². The van der Waals surface area contributed by atoms with Gasteiger partial charge in [-0.1, -0.05) is 0 Å². The van der Waals surface area contributed by atoms with Crippen LogP contribution in [0.25, 0.3) is 0 Å². The van der Waals surface area contributed by atoms with Gasteiger partial charge in [-0.15, -0.1) is 22.9 Å². The molecule has 0 atom stereocenters. The largest absolute Gasteiger partial charge is 0.273 e. The number of sulfonamides is 1. The molecule has 2 rings (SSSR count). The fourth-order valence-corrected chi connectivity index (χ4v) is 5.07. The maximum absolute atomic E-state index is 11.9. The monoisotopic (exact) mass is 318 g/mol. The van der Waals surface area contributed by atoms with E-state index in [4.69, 9.17) is 11.6 Å². The Bertz CT molecular complexity index is 602. The molecule has 1 aromatic heterocycles. The second-order valence-electron chi connectivity index (χ2n) is 4.49. The van der Waals surface area contributed by atoms with Gasteiger partial charge < -0.3 is 0 Å². The third-order valence-electron chi connectivity index (χ3n) is 3.08. The molecule has 104 valence electrons. The van der Waals surface area contributed by atoms with E-state index in [9.17, 15) is 13.7 Å². The quantitative estimate of drug-likeness (QED) is 0.647. The van der Waals surface area contributed by atoms with Gasteiger partial charge in [0.05, 0.1) is 11.3 Å². The van der Waals surface area contributed by atoms with Gasteiger partial charge in [-0.2, -0.15) is 5.26 Å². The number of aryl methyl sites for hydroxylation is 1. The van der Waals surface area contributed by atoms with Gasteiger partial charge in [0, 0.05) is 10.8 Å². The molecule has 0 fully saturated rings. The lowest BCUT2D eigenvalue weighted by molar-refractivity contribution is 0.598. The molecule has 1 heterocycles. The molecule has 1 aromatic rings. The van der Waals surface area contributed by atoms with Crippen LogP contribution in [-0.4, -0.2) is 20.1 Å². The predicted molar refractivity (Wildman–Crippen MR) is 78.4 cm³/mol. The molecule has 1 N–H and O–H groups in total. The van der Waals surface area contributed by atoms with Crippen molar-refractivity contribution in [3.63, 3.8) is 0 Å². The van der Waals surface area contributed by atoms with Gasteiger partial charge >= 0.3 is 0 Å². The van der Waals surface area contributed by atoms with E-state index in [1.807, 2.05) is 0 Å². The van der Waals surface area contributed by atoms with Crippen LogP contribution in [0.4, 0.5) is 5.00 Å². The highest BCUT2D eigenvalue weighted by molar-refractivity contribution is 7.92. The highest BCUT2D eigenvalue weighted by Crippen LogP contribution is 2.38. The van der Waals surface area contributed by atoms with Gasteiger partial charge in [0.2, 0.25) is 10.0 Å². The summed E-state index contributed by atoms with van der Waals surface area (Å²) in [6, 6.07) is 2.13. The third kappa shape index (κ3) is 3.41. The molecule has 1 aliphatic carbocycles. The summed E-state index contributed by atoms with van der Waals surface area (Å²) in [6.45, 7) is 0. The lowest BCUT2D eigenvalue weighted by atomic mass is 10.1. The van der Waals surface area contributed by atoms with Crippen molar-refractivity contribution in [3.8, 4) is 6.07 Å². The van der Waals surface area contributed by atoms with E-state index in [0.29, 0.717) is 29.3 Å². The number of hydrogen-bond donors (Lipinski definition) is 1. The number of nitriles is 1. The SMILES string of the molecule is N#Cc1c(NS(=O)(=O)CCCCCl)sc2c1CCC2. The van der Waals surface area contributed by atoms with Crippen molar-refractivity contribution >= 4 is 38.0 Å². The summed E-state index contributed by atoms with van der Waals surface area (Å²) in [4.78, 5) is 1.15. The van der Waals surface area contributed by atoms with Crippen LogP contribution < -0.4 is 4.72 Å². The Kier molecular flexibility index (Phi) is 4.71. The summed E-state index contributed by atoms with van der Waals surface area (Å²) in [6.07, 6.45) is 4.09. The first-order chi connectivity index (χ1) is 9.07. The van der Waals surface area contributed by atoms with E-state index in [1.165, 1.54) is 11.3 Å². The average molecular weight is 319 g/mol. The minimum absolute atomic E-state index is 0.0488. The number of alkyl halides is 1. The van der Waals surface area contributed by atoms with E-state index < -0.39 is 10.0 Å². The molecule has 0 spiro atoms. The number of hydrogen-bond acceptors (Lipinski definition) is 4. The number of nitrogens with zero attached hydrogens (tertiary/aromatic N) is 1. The summed E-state index contributed by atoms with van der Waals surface area (Å²) in [5.74, 6) is 0.513. The fraction of sp³-hybridized carbons (Fsp3) is 0.583. The van der Waals surface area contributed by atoms with Crippen LogP contribution in [0.1, 0.15) is 35.3 Å². The molecule has 0 aliphatic heterocycles. The zero-order valence-electron chi connectivity index (χ0n) is 10.4. The van der Waals surface area contributed by atoms with Crippen LogP contribution >= 0.6 is 22.9 Å². The standard InChI is InChI=1S/C12H15ClN2O2S2/c13-6-1-2-7-19(16,17)15-12-10(8-14)9-4-3-5-11(9)18-12/h15H,1-7H2. The summed E-state index contributed by atoms with van der Waals surface area (Å²) in [5, 5.41) is 9.67. The van der Waals surface area contributed by atoms with Gasteiger partial charge in [0.15, 0.2) is 0 Å². The lowest BCUT2D eigenvalue weighted by Gasteiger charge is -2.06. The number of thiophene rings is 1. The maximum atomic E-state index is 11.9. The number of rotatable bonds is 6. The molecule has 0 saturated heterocycles. The fourth-order valence-electron chi connectivity index (χ4n) is 2.17. The zero-order chi connectivity index (χ0) is 13.9. The smallest absolute Gasteiger partial charge is 0.233 e. The van der Waals surface area contributed by atoms with Gasteiger partial charge in [-0.3, -0.25) is 4.72 Å². The molecule has 0 saturated carbocycles. The van der Waals surface area contributed by atoms with E-state index in [1.54, 1.807) is 0 Å². The van der Waals surface area contributed by atoms with Gasteiger partial charge in [0.1, 0.15) is 11.1 Å². The van der Waals surface area contributed by atoms with Crippen molar-refractivity contribution in [1.29, 1.82) is 5.26 Å². The highest BCUT2D eigenvalue weighted by Gasteiger charge is 2.24. The first-order valence-corrected chi connectivity index (χ1v) is 9.19. The Morgan fingerprint density at radius 2 is 2.16 bits per heavy atom. The van der Waals surface area contributed by atoms with Crippen LogP contribution in [0.5, 0.6) is 0 Å². The molecular formula is C12H15ClN2O2S2. The zero-order valence-corrected chi connectivity index (χ0v) is 12.8. The number of anilines is 1. The van der Waals surface area contributed by atoms with E-state index in [2.05, 4.69) is 10.8 Å².